The average Bonchev–Trinajstić information content (AvgIpc) is 2.87. The van der Waals surface area contributed by atoms with Crippen molar-refractivity contribution in [3.8, 4) is 0 Å². The van der Waals surface area contributed by atoms with Gasteiger partial charge in [-0.1, -0.05) is 80.1 Å². The van der Waals surface area contributed by atoms with Crippen molar-refractivity contribution in [3.63, 3.8) is 0 Å². The number of carboxylic acids is 2. The van der Waals surface area contributed by atoms with Gasteiger partial charge in [-0.2, -0.15) is 8.42 Å². The Bertz CT molecular complexity index is 637. The summed E-state index contributed by atoms with van der Waals surface area (Å²) in [7, 11) is -4.94. The minimum Gasteiger partial charge on any atom is -0.550 e. The van der Waals surface area contributed by atoms with Crippen molar-refractivity contribution >= 4 is 22.1 Å². The fourth-order valence-electron chi connectivity index (χ4n) is 4.58. The first-order chi connectivity index (χ1) is 18.9. The van der Waals surface area contributed by atoms with Crippen LogP contribution in [0, 0.1) is 0 Å². The van der Waals surface area contributed by atoms with Gasteiger partial charge in [-0.05, 0) is 51.4 Å². The molecular weight excluding hydrogens is 532 g/mol. The molecule has 0 aliphatic carbocycles. The Morgan fingerprint density at radius 3 is 1.10 bits per heavy atom. The third-order valence-electron chi connectivity index (χ3n) is 6.66. The lowest BCUT2D eigenvalue weighted by Gasteiger charge is -2.17. The van der Waals surface area contributed by atoms with Crippen LogP contribution in [-0.2, 0) is 19.7 Å². The maximum absolute atomic E-state index is 10.2. The standard InChI is InChI=1S/2C13H29N.C4H6O7S/c2*1-4-7-8-9-10-13-14(11-5-2)12-6-3;5-3(6)1-2(4(7)8)12(9,10)11/h2*4-13H2,1-3H3;2H,1H2,(H,5,6)(H,7,8)(H,9,10,11). The summed E-state index contributed by atoms with van der Waals surface area (Å²) < 4.78 is 28.5. The summed E-state index contributed by atoms with van der Waals surface area (Å²) in [5.41, 5.74) is 0. The first-order valence-electron chi connectivity index (χ1n) is 16.0. The quantitative estimate of drug-likeness (QED) is 0.113. The second kappa shape index (κ2) is 30.7. The van der Waals surface area contributed by atoms with Gasteiger partial charge in [0.2, 0.25) is 0 Å². The predicted octanol–water partition coefficient (Wildman–Crippen LogP) is 1.46. The molecule has 242 valence electrons. The van der Waals surface area contributed by atoms with E-state index in [-0.39, 0.29) is 0 Å². The van der Waals surface area contributed by atoms with Crippen LogP contribution in [-0.4, -0.2) is 69.4 Å². The number of aliphatic carboxylic acids is 2. The number of nitrogens with one attached hydrogen (secondary N) is 2. The molecule has 0 aromatic rings. The third-order valence-corrected chi connectivity index (χ3v) is 7.73. The van der Waals surface area contributed by atoms with E-state index in [0.717, 1.165) is 0 Å². The van der Waals surface area contributed by atoms with E-state index in [1.54, 1.807) is 0 Å². The van der Waals surface area contributed by atoms with Crippen molar-refractivity contribution in [1.82, 2.24) is 0 Å². The van der Waals surface area contributed by atoms with E-state index in [4.69, 9.17) is 4.55 Å². The minimum atomic E-state index is -4.94. The van der Waals surface area contributed by atoms with E-state index in [9.17, 15) is 28.2 Å². The minimum absolute atomic E-state index is 1.33. The van der Waals surface area contributed by atoms with Crippen LogP contribution in [0.15, 0.2) is 0 Å². The average molecular weight is 597 g/mol. The molecule has 0 saturated carbocycles. The topological polar surface area (TPSA) is 144 Å². The van der Waals surface area contributed by atoms with E-state index in [2.05, 4.69) is 41.5 Å². The highest BCUT2D eigenvalue weighted by molar-refractivity contribution is 7.87. The van der Waals surface area contributed by atoms with E-state index in [1.807, 2.05) is 9.80 Å². The van der Waals surface area contributed by atoms with Gasteiger partial charge < -0.3 is 29.6 Å². The normalized spacial score (nSPS) is 11.9. The van der Waals surface area contributed by atoms with Crippen LogP contribution in [0.2, 0.25) is 0 Å². The van der Waals surface area contributed by atoms with Gasteiger partial charge in [-0.25, -0.2) is 0 Å². The molecule has 0 heterocycles. The number of unbranched alkanes of at least 4 members (excludes halogenated alkanes) is 8. The number of carbonyl (C=O) groups is 2. The zero-order valence-electron chi connectivity index (χ0n) is 26.7. The molecule has 0 aliphatic heterocycles. The molecule has 1 unspecified atom stereocenters. The summed E-state index contributed by atoms with van der Waals surface area (Å²) in [5, 5.41) is 17.3. The highest BCUT2D eigenvalue weighted by Gasteiger charge is 2.24. The van der Waals surface area contributed by atoms with Gasteiger partial charge in [0.15, 0.2) is 0 Å². The molecule has 9 nitrogen and oxygen atoms in total. The second-order valence-electron chi connectivity index (χ2n) is 10.7. The van der Waals surface area contributed by atoms with Crippen LogP contribution in [0.5, 0.6) is 0 Å². The Morgan fingerprint density at radius 1 is 0.575 bits per heavy atom. The Morgan fingerprint density at radius 2 is 0.900 bits per heavy atom. The van der Waals surface area contributed by atoms with Crippen molar-refractivity contribution in [2.45, 2.75) is 143 Å². The zero-order chi connectivity index (χ0) is 31.2. The molecule has 1 atom stereocenters. The van der Waals surface area contributed by atoms with Crippen molar-refractivity contribution in [3.05, 3.63) is 0 Å². The number of rotatable bonds is 24. The molecule has 0 rings (SSSR count). The smallest absolute Gasteiger partial charge is 0.273 e. The molecule has 0 radical (unpaired) electrons. The maximum atomic E-state index is 10.2. The lowest BCUT2D eigenvalue weighted by atomic mass is 10.1. The summed E-state index contributed by atoms with van der Waals surface area (Å²) in [4.78, 5) is 23.4. The van der Waals surface area contributed by atoms with Crippen LogP contribution in [0.4, 0.5) is 0 Å². The van der Waals surface area contributed by atoms with Gasteiger partial charge in [0.05, 0.1) is 45.2 Å². The molecule has 0 aliphatic rings. The molecule has 0 bridgehead atoms. The lowest BCUT2D eigenvalue weighted by Crippen LogP contribution is -3.12. The molecule has 3 N–H and O–H groups in total. The fourth-order valence-corrected chi connectivity index (χ4v) is 5.17. The first-order valence-corrected chi connectivity index (χ1v) is 17.5. The van der Waals surface area contributed by atoms with Gasteiger partial charge in [0.25, 0.3) is 10.1 Å². The highest BCUT2D eigenvalue weighted by Crippen LogP contribution is 2.02. The number of hydrogen-bond acceptors (Lipinski definition) is 6. The lowest BCUT2D eigenvalue weighted by molar-refractivity contribution is -0.900. The molecule has 0 aromatic heterocycles. The Labute approximate surface area is 246 Å². The van der Waals surface area contributed by atoms with Crippen LogP contribution < -0.4 is 20.0 Å². The molecule has 0 saturated heterocycles. The SMILES string of the molecule is CCCCCCC[NH+](CCC)CCC.CCCCCCC[NH+](CCC)CCC.O=C([O-])CC(C(=O)[O-])S(=O)(=O)O. The van der Waals surface area contributed by atoms with E-state index < -0.39 is 33.7 Å². The van der Waals surface area contributed by atoms with Gasteiger partial charge in [0, 0.05) is 12.4 Å². The first kappa shape index (κ1) is 43.2. The summed E-state index contributed by atoms with van der Waals surface area (Å²) in [6.45, 7) is 22.1. The van der Waals surface area contributed by atoms with Gasteiger partial charge in [0.1, 0.15) is 5.25 Å². The molecule has 0 amide bonds. The van der Waals surface area contributed by atoms with Gasteiger partial charge >= 0.3 is 0 Å². The van der Waals surface area contributed by atoms with Crippen molar-refractivity contribution in [1.29, 1.82) is 0 Å². The number of quaternary nitrogens is 2. The van der Waals surface area contributed by atoms with Crippen molar-refractivity contribution < 1.29 is 42.6 Å². The molecule has 0 fully saturated rings. The summed E-state index contributed by atoms with van der Waals surface area (Å²) in [6, 6.07) is 0. The largest absolute Gasteiger partial charge is 0.550 e. The summed E-state index contributed by atoms with van der Waals surface area (Å²) in [5.74, 6) is -4.08. The van der Waals surface area contributed by atoms with Gasteiger partial charge in [-0.15, -0.1) is 0 Å². The number of hydrogen-bond donors (Lipinski definition) is 3. The van der Waals surface area contributed by atoms with E-state index in [1.165, 1.54) is 129 Å². The molecule has 40 heavy (non-hydrogen) atoms. The van der Waals surface area contributed by atoms with Crippen LogP contribution >= 0.6 is 0 Å². The monoisotopic (exact) mass is 596 g/mol. The van der Waals surface area contributed by atoms with Crippen LogP contribution in [0.25, 0.3) is 0 Å². The van der Waals surface area contributed by atoms with Crippen molar-refractivity contribution in [2.75, 3.05) is 39.3 Å². The number of carbonyl (C=O) groups excluding carboxylic acids is 2. The van der Waals surface area contributed by atoms with Gasteiger partial charge in [-0.3, -0.25) is 4.55 Å². The molecule has 0 spiro atoms. The number of carboxylic acid groups (broad SMARTS) is 2. The molecule has 0 aromatic carbocycles. The molecular formula is C30H64N2O7S. The Kier molecular flexibility index (Phi) is 33.2. The van der Waals surface area contributed by atoms with E-state index in [0.29, 0.717) is 0 Å². The second-order valence-corrected chi connectivity index (χ2v) is 12.3. The Balaban J connectivity index is -0.000000515. The Hall–Kier alpha value is -1.23. The zero-order valence-corrected chi connectivity index (χ0v) is 27.5. The van der Waals surface area contributed by atoms with Crippen LogP contribution in [0.1, 0.15) is 138 Å². The maximum Gasteiger partial charge on any atom is 0.273 e. The van der Waals surface area contributed by atoms with Crippen molar-refractivity contribution in [2.24, 2.45) is 0 Å². The third kappa shape index (κ3) is 31.3. The summed E-state index contributed by atoms with van der Waals surface area (Å²) in [6.07, 6.45) is 18.3. The summed E-state index contributed by atoms with van der Waals surface area (Å²) >= 11 is 0. The van der Waals surface area contributed by atoms with Crippen LogP contribution in [0.3, 0.4) is 0 Å². The highest BCUT2D eigenvalue weighted by atomic mass is 32.2. The van der Waals surface area contributed by atoms with E-state index >= 15 is 0 Å². The fraction of sp³-hybridized carbons (Fsp3) is 0.933. The predicted molar refractivity (Wildman–Crippen MR) is 160 cm³/mol. The molecule has 10 heteroatoms.